The summed E-state index contributed by atoms with van der Waals surface area (Å²) in [5.41, 5.74) is -0.0206. The zero-order chi connectivity index (χ0) is 21.3. The van der Waals surface area contributed by atoms with Crippen molar-refractivity contribution in [2.75, 3.05) is 14.2 Å². The standard InChI is InChI=1S/C22H19BrN2O4S/c1-28-16-7-3-14(4-8-16)22(15-5-9-17(29-2)10-6-15)20(26)25(21(27)24-22)13-18-11-12-19(23)30-18/h3-12H,13H2,1-2H3,(H,24,27). The van der Waals surface area contributed by atoms with E-state index in [4.69, 9.17) is 9.47 Å². The number of rotatable bonds is 6. The number of hydrogen-bond donors (Lipinski definition) is 1. The van der Waals surface area contributed by atoms with Crippen LogP contribution < -0.4 is 14.8 Å². The smallest absolute Gasteiger partial charge is 0.325 e. The normalized spacial score (nSPS) is 15.2. The highest BCUT2D eigenvalue weighted by atomic mass is 79.9. The van der Waals surface area contributed by atoms with Gasteiger partial charge in [-0.3, -0.25) is 9.69 Å². The largest absolute Gasteiger partial charge is 0.497 e. The van der Waals surface area contributed by atoms with Crippen LogP contribution in [-0.2, 0) is 16.9 Å². The van der Waals surface area contributed by atoms with Gasteiger partial charge in [0.2, 0.25) is 0 Å². The SMILES string of the molecule is COc1ccc(C2(c3ccc(OC)cc3)NC(=O)N(Cc3ccc(Br)s3)C2=O)cc1. The van der Waals surface area contributed by atoms with Gasteiger partial charge in [-0.1, -0.05) is 24.3 Å². The highest BCUT2D eigenvalue weighted by molar-refractivity contribution is 9.11. The molecule has 2 heterocycles. The van der Waals surface area contributed by atoms with Crippen LogP contribution in [0, 0.1) is 0 Å². The second kappa shape index (κ2) is 8.12. The van der Waals surface area contributed by atoms with Crippen molar-refractivity contribution in [3.63, 3.8) is 0 Å². The Labute approximate surface area is 186 Å². The van der Waals surface area contributed by atoms with Gasteiger partial charge in [-0.2, -0.15) is 0 Å². The summed E-state index contributed by atoms with van der Waals surface area (Å²) in [6, 6.07) is 17.7. The van der Waals surface area contributed by atoms with E-state index < -0.39 is 11.6 Å². The molecule has 0 bridgehead atoms. The van der Waals surface area contributed by atoms with E-state index in [9.17, 15) is 9.59 Å². The predicted octanol–water partition coefficient (Wildman–Crippen LogP) is 4.52. The third-order valence-electron chi connectivity index (χ3n) is 5.09. The number of benzene rings is 2. The van der Waals surface area contributed by atoms with Crippen molar-refractivity contribution in [2.24, 2.45) is 0 Å². The average Bonchev–Trinajstić information content (AvgIpc) is 3.30. The summed E-state index contributed by atoms with van der Waals surface area (Å²) in [7, 11) is 3.16. The van der Waals surface area contributed by atoms with Crippen LogP contribution in [0.25, 0.3) is 0 Å². The van der Waals surface area contributed by atoms with Crippen molar-refractivity contribution in [3.05, 3.63) is 80.5 Å². The average molecular weight is 487 g/mol. The van der Waals surface area contributed by atoms with E-state index >= 15 is 0 Å². The van der Waals surface area contributed by atoms with Gasteiger partial charge < -0.3 is 14.8 Å². The van der Waals surface area contributed by atoms with Gasteiger partial charge in [-0.05, 0) is 63.5 Å². The fourth-order valence-electron chi connectivity index (χ4n) is 3.55. The maximum Gasteiger partial charge on any atom is 0.325 e. The third kappa shape index (κ3) is 3.46. The number of methoxy groups -OCH3 is 2. The molecule has 1 aromatic heterocycles. The Bertz CT molecular complexity index is 1030. The van der Waals surface area contributed by atoms with E-state index in [1.165, 1.54) is 16.2 Å². The monoisotopic (exact) mass is 486 g/mol. The predicted molar refractivity (Wildman–Crippen MR) is 118 cm³/mol. The highest BCUT2D eigenvalue weighted by Gasteiger charge is 2.53. The Morgan fingerprint density at radius 2 is 1.43 bits per heavy atom. The van der Waals surface area contributed by atoms with Crippen molar-refractivity contribution >= 4 is 39.2 Å². The first kappa shape index (κ1) is 20.4. The Balaban J connectivity index is 1.80. The molecule has 8 heteroatoms. The summed E-state index contributed by atoms with van der Waals surface area (Å²) < 4.78 is 11.4. The van der Waals surface area contributed by atoms with Crippen LogP contribution in [-0.4, -0.2) is 31.1 Å². The van der Waals surface area contributed by atoms with Crippen LogP contribution in [0.3, 0.4) is 0 Å². The molecule has 30 heavy (non-hydrogen) atoms. The maximum atomic E-state index is 13.7. The molecule has 1 aliphatic heterocycles. The molecule has 0 atom stereocenters. The molecule has 2 aromatic carbocycles. The number of thiophene rings is 1. The minimum absolute atomic E-state index is 0.203. The quantitative estimate of drug-likeness (QED) is 0.520. The van der Waals surface area contributed by atoms with Crippen LogP contribution in [0.15, 0.2) is 64.5 Å². The van der Waals surface area contributed by atoms with E-state index in [2.05, 4.69) is 21.2 Å². The number of nitrogens with one attached hydrogen (secondary N) is 1. The first-order valence-electron chi connectivity index (χ1n) is 9.15. The molecule has 1 aliphatic rings. The lowest BCUT2D eigenvalue weighted by molar-refractivity contribution is -0.130. The summed E-state index contributed by atoms with van der Waals surface area (Å²) in [6.45, 7) is 0.203. The van der Waals surface area contributed by atoms with Gasteiger partial charge in [-0.15, -0.1) is 11.3 Å². The van der Waals surface area contributed by atoms with Crippen LogP contribution in [0.4, 0.5) is 4.79 Å². The Morgan fingerprint density at radius 3 is 1.87 bits per heavy atom. The minimum Gasteiger partial charge on any atom is -0.497 e. The minimum atomic E-state index is -1.33. The summed E-state index contributed by atoms with van der Waals surface area (Å²) in [5.74, 6) is 1.01. The molecular weight excluding hydrogens is 468 g/mol. The zero-order valence-electron chi connectivity index (χ0n) is 16.3. The van der Waals surface area contributed by atoms with E-state index in [1.807, 2.05) is 12.1 Å². The molecule has 4 rings (SSSR count). The molecule has 1 fully saturated rings. The van der Waals surface area contributed by atoms with Crippen molar-refractivity contribution < 1.29 is 19.1 Å². The van der Waals surface area contributed by atoms with E-state index in [0.29, 0.717) is 22.6 Å². The lowest BCUT2D eigenvalue weighted by Crippen LogP contribution is -2.45. The van der Waals surface area contributed by atoms with Crippen molar-refractivity contribution in [1.82, 2.24) is 10.2 Å². The van der Waals surface area contributed by atoms with E-state index in [0.717, 1.165) is 8.66 Å². The molecular formula is C22H19BrN2O4S. The molecule has 1 saturated heterocycles. The van der Waals surface area contributed by atoms with Gasteiger partial charge >= 0.3 is 6.03 Å². The maximum absolute atomic E-state index is 13.7. The summed E-state index contributed by atoms with van der Waals surface area (Å²) in [4.78, 5) is 28.8. The molecule has 0 aliphatic carbocycles. The number of urea groups is 1. The van der Waals surface area contributed by atoms with Crippen LogP contribution >= 0.6 is 27.3 Å². The van der Waals surface area contributed by atoms with Crippen LogP contribution in [0.2, 0.25) is 0 Å². The number of carbonyl (C=O) groups excluding carboxylic acids is 2. The number of imide groups is 1. The number of carbonyl (C=O) groups is 2. The van der Waals surface area contributed by atoms with E-state index in [-0.39, 0.29) is 12.5 Å². The van der Waals surface area contributed by atoms with Gasteiger partial charge in [0.05, 0.1) is 24.6 Å². The number of hydrogen-bond acceptors (Lipinski definition) is 5. The first-order chi connectivity index (χ1) is 14.5. The second-order valence-corrected chi connectivity index (χ2v) is 9.28. The van der Waals surface area contributed by atoms with E-state index in [1.54, 1.807) is 62.8 Å². The summed E-state index contributed by atoms with van der Waals surface area (Å²) in [6.07, 6.45) is 0. The molecule has 3 aromatic rings. The zero-order valence-corrected chi connectivity index (χ0v) is 18.7. The lowest BCUT2D eigenvalue weighted by atomic mass is 9.82. The molecule has 0 radical (unpaired) electrons. The van der Waals surface area contributed by atoms with Gasteiger partial charge in [0.25, 0.3) is 5.91 Å². The van der Waals surface area contributed by atoms with Gasteiger partial charge in [0.15, 0.2) is 5.54 Å². The molecule has 0 unspecified atom stereocenters. The fourth-order valence-corrected chi connectivity index (χ4v) is 5.02. The van der Waals surface area contributed by atoms with Gasteiger partial charge in [-0.25, -0.2) is 4.79 Å². The summed E-state index contributed by atoms with van der Waals surface area (Å²) in [5, 5.41) is 2.95. The molecule has 1 N–H and O–H groups in total. The van der Waals surface area contributed by atoms with Gasteiger partial charge in [0.1, 0.15) is 11.5 Å². The molecule has 0 saturated carbocycles. The molecule has 6 nitrogen and oxygen atoms in total. The van der Waals surface area contributed by atoms with Crippen molar-refractivity contribution in [2.45, 2.75) is 12.1 Å². The lowest BCUT2D eigenvalue weighted by Gasteiger charge is -2.28. The fraction of sp³-hybridized carbons (Fsp3) is 0.182. The van der Waals surface area contributed by atoms with Crippen molar-refractivity contribution in [1.29, 1.82) is 0 Å². The molecule has 3 amide bonds. The van der Waals surface area contributed by atoms with Crippen LogP contribution in [0.1, 0.15) is 16.0 Å². The number of halogens is 1. The molecule has 154 valence electrons. The Hall–Kier alpha value is -2.84. The number of nitrogens with zero attached hydrogens (tertiary/aromatic N) is 1. The molecule has 0 spiro atoms. The Morgan fingerprint density at radius 1 is 0.900 bits per heavy atom. The third-order valence-corrected chi connectivity index (χ3v) is 6.70. The topological polar surface area (TPSA) is 67.9 Å². The summed E-state index contributed by atoms with van der Waals surface area (Å²) >= 11 is 4.92. The second-order valence-electron chi connectivity index (χ2n) is 6.73. The van der Waals surface area contributed by atoms with Crippen LogP contribution in [0.5, 0.6) is 11.5 Å². The first-order valence-corrected chi connectivity index (χ1v) is 10.8. The Kier molecular flexibility index (Phi) is 5.53. The highest BCUT2D eigenvalue weighted by Crippen LogP contribution is 2.38. The van der Waals surface area contributed by atoms with Crippen molar-refractivity contribution in [3.8, 4) is 11.5 Å². The van der Waals surface area contributed by atoms with Gasteiger partial charge in [0, 0.05) is 4.88 Å². The number of amides is 3. The number of ether oxygens (including phenoxy) is 2.